The molecule has 0 radical (unpaired) electrons. The second-order valence-corrected chi connectivity index (χ2v) is 11.2. The van der Waals surface area contributed by atoms with E-state index in [0.29, 0.717) is 33.4 Å². The van der Waals surface area contributed by atoms with Gasteiger partial charge in [0.25, 0.3) is 11.8 Å². The normalized spacial score (nSPS) is 15.2. The van der Waals surface area contributed by atoms with Crippen LogP contribution in [0.1, 0.15) is 70.7 Å². The van der Waals surface area contributed by atoms with Gasteiger partial charge in [-0.05, 0) is 97.8 Å². The Balaban J connectivity index is 0.000000218. The number of nitrogens with two attached hydrogens (primary N) is 4. The molecule has 6 rings (SSSR count). The zero-order chi connectivity index (χ0) is 37.4. The standard InChI is InChI=1S/C18H15F2N3O2.C17H15ClN4O2.C2H6/c1-9-7-12(16-13(19)3-2-4-14(16)20)11-8-10(5-6-15(11)25-9)17(24)23-18(21)22;1-9-7-12(11-3-2-6-21-15(11)18)13-8-10(4-5-14(13)24-9)16(23)22-17(19)20;1-2/h2-9H,1H3,(H4,21,22,23,24);2-9H,1H3,(H4,19,20,22,23);1-2H3. The molecule has 2 unspecified atom stereocenters. The molecule has 3 aromatic carbocycles. The van der Waals surface area contributed by atoms with Crippen molar-refractivity contribution in [2.75, 3.05) is 0 Å². The maximum atomic E-state index is 14.2. The molecule has 1 aromatic heterocycles. The minimum Gasteiger partial charge on any atom is -0.486 e. The molecule has 2 atom stereocenters. The minimum absolute atomic E-state index is 0.136. The van der Waals surface area contributed by atoms with Gasteiger partial charge in [0.05, 0.1) is 5.56 Å². The monoisotopic (exact) mass is 715 g/mol. The van der Waals surface area contributed by atoms with Crippen molar-refractivity contribution >= 4 is 46.5 Å². The van der Waals surface area contributed by atoms with Crippen LogP contribution in [-0.4, -0.2) is 40.9 Å². The van der Waals surface area contributed by atoms with Crippen LogP contribution < -0.4 is 32.4 Å². The van der Waals surface area contributed by atoms with Crippen molar-refractivity contribution in [2.24, 2.45) is 32.9 Å². The Kier molecular flexibility index (Phi) is 12.2. The lowest BCUT2D eigenvalue weighted by molar-refractivity contribution is 0.0994. The lowest BCUT2D eigenvalue weighted by Crippen LogP contribution is -2.24. The molecule has 0 saturated heterocycles. The summed E-state index contributed by atoms with van der Waals surface area (Å²) in [6.45, 7) is 7.67. The molecule has 2 amide bonds. The van der Waals surface area contributed by atoms with Crippen molar-refractivity contribution in [3.8, 4) is 11.5 Å². The number of guanidine groups is 2. The maximum absolute atomic E-state index is 14.2. The first kappa shape index (κ1) is 37.7. The van der Waals surface area contributed by atoms with Crippen LogP contribution in [-0.2, 0) is 0 Å². The number of fused-ring (bicyclic) bond motifs is 2. The zero-order valence-electron chi connectivity index (χ0n) is 28.2. The molecular formula is C37H36ClF2N7O4. The number of halogens is 3. The summed E-state index contributed by atoms with van der Waals surface area (Å²) in [4.78, 5) is 35.2. The summed E-state index contributed by atoms with van der Waals surface area (Å²) in [6.07, 6.45) is 4.62. The van der Waals surface area contributed by atoms with Crippen LogP contribution in [0, 0.1) is 11.6 Å². The number of carbonyl (C=O) groups is 2. The smallest absolute Gasteiger partial charge is 0.280 e. The van der Waals surface area contributed by atoms with Gasteiger partial charge in [-0.25, -0.2) is 13.8 Å². The highest BCUT2D eigenvalue weighted by atomic mass is 35.5. The third kappa shape index (κ3) is 8.94. The summed E-state index contributed by atoms with van der Waals surface area (Å²) in [5.41, 5.74) is 24.4. The van der Waals surface area contributed by atoms with Crippen molar-refractivity contribution in [3.05, 3.63) is 135 Å². The number of hydrogen-bond acceptors (Lipinski definition) is 5. The fraction of sp³-hybridized carbons (Fsp3) is 0.162. The summed E-state index contributed by atoms with van der Waals surface area (Å²) >= 11 is 6.23. The highest BCUT2D eigenvalue weighted by Gasteiger charge is 2.26. The molecule has 2 aliphatic heterocycles. The molecule has 8 N–H and O–H groups in total. The van der Waals surface area contributed by atoms with Gasteiger partial charge in [-0.3, -0.25) is 9.59 Å². The average Bonchev–Trinajstić information content (AvgIpc) is 3.08. The van der Waals surface area contributed by atoms with Crippen LogP contribution in [0.25, 0.3) is 11.1 Å². The average molecular weight is 716 g/mol. The second kappa shape index (κ2) is 16.5. The second-order valence-electron chi connectivity index (χ2n) is 10.9. The molecule has 0 aliphatic carbocycles. The largest absolute Gasteiger partial charge is 0.486 e. The van der Waals surface area contributed by atoms with Crippen LogP contribution in [0.5, 0.6) is 11.5 Å². The van der Waals surface area contributed by atoms with E-state index in [9.17, 15) is 18.4 Å². The van der Waals surface area contributed by atoms with E-state index in [1.54, 1.807) is 49.5 Å². The molecule has 14 heteroatoms. The SMILES string of the molecule is CC.CC1C=C(c2c(F)cccc2F)c2cc(C(=O)N=C(N)N)ccc2O1.CC1C=C(c2cccnc2Cl)c2cc(C(=O)N=C(N)N)ccc2O1. The van der Waals surface area contributed by atoms with Crippen molar-refractivity contribution < 1.29 is 27.8 Å². The maximum Gasteiger partial charge on any atom is 0.280 e. The van der Waals surface area contributed by atoms with Crippen LogP contribution in [0.3, 0.4) is 0 Å². The molecule has 4 aromatic rings. The van der Waals surface area contributed by atoms with Gasteiger partial charge in [-0.15, -0.1) is 0 Å². The van der Waals surface area contributed by atoms with Gasteiger partial charge in [0.2, 0.25) is 0 Å². The first-order valence-electron chi connectivity index (χ1n) is 15.7. The lowest BCUT2D eigenvalue weighted by Gasteiger charge is -2.24. The molecule has 0 saturated carbocycles. The Morgan fingerprint density at radius 3 is 1.65 bits per heavy atom. The molecular weight excluding hydrogens is 680 g/mol. The summed E-state index contributed by atoms with van der Waals surface area (Å²) in [5.74, 6) is -2.17. The van der Waals surface area contributed by atoms with Gasteiger partial charge < -0.3 is 32.4 Å². The Morgan fingerprint density at radius 2 is 1.18 bits per heavy atom. The Labute approximate surface area is 298 Å². The van der Waals surface area contributed by atoms with Crippen molar-refractivity contribution in [1.82, 2.24) is 4.98 Å². The number of hydrogen-bond donors (Lipinski definition) is 4. The minimum atomic E-state index is -0.702. The van der Waals surface area contributed by atoms with E-state index in [1.165, 1.54) is 30.3 Å². The number of amides is 2. The van der Waals surface area contributed by atoms with Crippen LogP contribution in [0.4, 0.5) is 8.78 Å². The summed E-state index contributed by atoms with van der Waals surface area (Å²) < 4.78 is 40.0. The molecule has 51 heavy (non-hydrogen) atoms. The van der Waals surface area contributed by atoms with Crippen LogP contribution in [0.2, 0.25) is 5.15 Å². The quantitative estimate of drug-likeness (QED) is 0.112. The molecule has 2 aliphatic rings. The zero-order valence-corrected chi connectivity index (χ0v) is 28.9. The topological polar surface area (TPSA) is 194 Å². The first-order valence-corrected chi connectivity index (χ1v) is 16.1. The Bertz CT molecular complexity index is 2070. The number of ether oxygens (including phenoxy) is 2. The van der Waals surface area contributed by atoms with E-state index in [4.69, 9.17) is 44.0 Å². The Morgan fingerprint density at radius 1 is 0.706 bits per heavy atom. The molecule has 3 heterocycles. The van der Waals surface area contributed by atoms with Crippen LogP contribution in [0.15, 0.2) is 95.1 Å². The number of pyridine rings is 1. The third-order valence-corrected chi connectivity index (χ3v) is 7.51. The molecule has 0 bridgehead atoms. The molecule has 0 spiro atoms. The van der Waals surface area contributed by atoms with E-state index in [-0.39, 0.29) is 35.3 Å². The number of benzene rings is 3. The van der Waals surface area contributed by atoms with E-state index in [2.05, 4.69) is 15.0 Å². The van der Waals surface area contributed by atoms with E-state index in [0.717, 1.165) is 16.7 Å². The number of carbonyl (C=O) groups excluding carboxylic acids is 2. The fourth-order valence-electron chi connectivity index (χ4n) is 5.23. The Hall–Kier alpha value is -6.08. The van der Waals surface area contributed by atoms with Gasteiger partial charge in [0.1, 0.15) is 40.5 Å². The number of aromatic nitrogens is 1. The number of nitrogens with zero attached hydrogens (tertiary/aromatic N) is 3. The highest BCUT2D eigenvalue weighted by Crippen LogP contribution is 2.40. The summed E-state index contributed by atoms with van der Waals surface area (Å²) in [6, 6.07) is 16.8. The van der Waals surface area contributed by atoms with E-state index < -0.39 is 23.4 Å². The van der Waals surface area contributed by atoms with E-state index in [1.807, 2.05) is 32.9 Å². The van der Waals surface area contributed by atoms with Gasteiger partial charge in [0.15, 0.2) is 11.9 Å². The molecule has 11 nitrogen and oxygen atoms in total. The number of rotatable bonds is 4. The van der Waals surface area contributed by atoms with Gasteiger partial charge in [-0.2, -0.15) is 9.98 Å². The molecule has 264 valence electrons. The third-order valence-electron chi connectivity index (χ3n) is 7.20. The summed E-state index contributed by atoms with van der Waals surface area (Å²) in [5, 5.41) is 0.379. The van der Waals surface area contributed by atoms with Gasteiger partial charge in [-0.1, -0.05) is 31.5 Å². The molecule has 0 fully saturated rings. The first-order chi connectivity index (χ1) is 24.3. The fourth-order valence-corrected chi connectivity index (χ4v) is 5.45. The lowest BCUT2D eigenvalue weighted by atomic mass is 9.92. The van der Waals surface area contributed by atoms with Gasteiger partial charge in [0, 0.05) is 34.0 Å². The van der Waals surface area contributed by atoms with Crippen molar-refractivity contribution in [1.29, 1.82) is 0 Å². The predicted octanol–water partition coefficient (Wildman–Crippen LogP) is 5.98. The highest BCUT2D eigenvalue weighted by molar-refractivity contribution is 6.31. The van der Waals surface area contributed by atoms with E-state index >= 15 is 0 Å². The number of aliphatic imine (C=N–C) groups is 2. The predicted molar refractivity (Wildman–Crippen MR) is 194 cm³/mol. The van der Waals surface area contributed by atoms with Crippen molar-refractivity contribution in [3.63, 3.8) is 0 Å². The van der Waals surface area contributed by atoms with Gasteiger partial charge >= 0.3 is 0 Å². The summed E-state index contributed by atoms with van der Waals surface area (Å²) in [7, 11) is 0. The van der Waals surface area contributed by atoms with Crippen LogP contribution >= 0.6 is 11.6 Å². The van der Waals surface area contributed by atoms with Crippen molar-refractivity contribution in [2.45, 2.75) is 39.9 Å².